The van der Waals surface area contributed by atoms with Crippen molar-refractivity contribution in [2.75, 3.05) is 11.9 Å². The largest absolute Gasteiger partial charge is 0.462 e. The van der Waals surface area contributed by atoms with E-state index in [-0.39, 0.29) is 12.0 Å². The molecule has 0 unspecified atom stereocenters. The smallest absolute Gasteiger partial charge is 0.338 e. The van der Waals surface area contributed by atoms with Gasteiger partial charge in [0, 0.05) is 5.39 Å². The van der Waals surface area contributed by atoms with E-state index in [2.05, 4.69) is 37.1 Å². The number of aryl methyl sites for hydroxylation is 1. The molecule has 0 saturated heterocycles. The lowest BCUT2D eigenvalue weighted by Gasteiger charge is -2.24. The van der Waals surface area contributed by atoms with Crippen LogP contribution in [0.5, 0.6) is 0 Å². The van der Waals surface area contributed by atoms with Gasteiger partial charge in [0.05, 0.1) is 35.6 Å². The molecule has 0 aliphatic carbocycles. The molecular weight excluding hydrogens is 348 g/mol. The van der Waals surface area contributed by atoms with Crippen LogP contribution in [0.15, 0.2) is 54.7 Å². The molecule has 0 aliphatic rings. The third-order valence-electron chi connectivity index (χ3n) is 4.91. The second kappa shape index (κ2) is 8.87. The molecule has 28 heavy (non-hydrogen) atoms. The predicted octanol–water partition coefficient (Wildman–Crippen LogP) is 5.92. The van der Waals surface area contributed by atoms with Gasteiger partial charge >= 0.3 is 5.97 Å². The number of hydrogen-bond acceptors (Lipinski definition) is 4. The summed E-state index contributed by atoms with van der Waals surface area (Å²) in [5.41, 5.74) is 4.97. The molecule has 0 amide bonds. The Balaban J connectivity index is 1.89. The number of rotatable bonds is 7. The maximum absolute atomic E-state index is 11.9. The third kappa shape index (κ3) is 4.50. The minimum absolute atomic E-state index is 0.137. The summed E-state index contributed by atoms with van der Waals surface area (Å²) in [6, 6.07) is 16.0. The van der Waals surface area contributed by atoms with Crippen LogP contribution in [0.1, 0.15) is 54.7 Å². The molecule has 146 valence electrons. The Bertz CT molecular complexity index is 948. The number of ether oxygens (including phenoxy) is 1. The first-order chi connectivity index (χ1) is 13.5. The van der Waals surface area contributed by atoms with E-state index in [0.29, 0.717) is 18.1 Å². The SMILES string of the molecule is CCOC(=O)c1ccc([C@H](CC(C)C)Nc2cnc3ccccc3c2C)cc1. The van der Waals surface area contributed by atoms with Gasteiger partial charge in [0.15, 0.2) is 0 Å². The van der Waals surface area contributed by atoms with Gasteiger partial charge < -0.3 is 10.1 Å². The molecule has 0 fully saturated rings. The molecule has 1 aromatic heterocycles. The Labute approximate surface area is 166 Å². The molecule has 3 aromatic rings. The van der Waals surface area contributed by atoms with Gasteiger partial charge in [-0.05, 0) is 55.5 Å². The number of carbonyl (C=O) groups is 1. The van der Waals surface area contributed by atoms with Crippen molar-refractivity contribution in [2.24, 2.45) is 5.92 Å². The molecule has 0 spiro atoms. The van der Waals surface area contributed by atoms with Gasteiger partial charge in [0.25, 0.3) is 0 Å². The molecule has 1 N–H and O–H groups in total. The van der Waals surface area contributed by atoms with Gasteiger partial charge in [-0.15, -0.1) is 0 Å². The van der Waals surface area contributed by atoms with Crippen molar-refractivity contribution in [3.63, 3.8) is 0 Å². The maximum atomic E-state index is 11.9. The lowest BCUT2D eigenvalue weighted by Crippen LogP contribution is -2.15. The maximum Gasteiger partial charge on any atom is 0.338 e. The van der Waals surface area contributed by atoms with Crippen molar-refractivity contribution in [3.8, 4) is 0 Å². The molecule has 4 heteroatoms. The lowest BCUT2D eigenvalue weighted by molar-refractivity contribution is 0.0526. The fraction of sp³-hybridized carbons (Fsp3) is 0.333. The van der Waals surface area contributed by atoms with Gasteiger partial charge in [-0.25, -0.2) is 4.79 Å². The van der Waals surface area contributed by atoms with Gasteiger partial charge in [0.2, 0.25) is 0 Å². The van der Waals surface area contributed by atoms with E-state index in [0.717, 1.165) is 28.6 Å². The zero-order chi connectivity index (χ0) is 20.1. The lowest BCUT2D eigenvalue weighted by atomic mass is 9.95. The number of pyridine rings is 1. The van der Waals surface area contributed by atoms with Crippen molar-refractivity contribution < 1.29 is 9.53 Å². The first-order valence-corrected chi connectivity index (χ1v) is 9.87. The summed E-state index contributed by atoms with van der Waals surface area (Å²) < 4.78 is 5.08. The second-order valence-electron chi connectivity index (χ2n) is 7.48. The predicted molar refractivity (Wildman–Crippen MR) is 115 cm³/mol. The molecule has 4 nitrogen and oxygen atoms in total. The molecule has 0 saturated carbocycles. The molecule has 1 atom stereocenters. The fourth-order valence-electron chi connectivity index (χ4n) is 3.43. The molecule has 0 bridgehead atoms. The Hall–Kier alpha value is -2.88. The summed E-state index contributed by atoms with van der Waals surface area (Å²) in [6.45, 7) is 8.75. The number of fused-ring (bicyclic) bond motifs is 1. The highest BCUT2D eigenvalue weighted by Crippen LogP contribution is 2.30. The zero-order valence-electron chi connectivity index (χ0n) is 17.0. The van der Waals surface area contributed by atoms with Crippen molar-refractivity contribution >= 4 is 22.6 Å². The fourth-order valence-corrected chi connectivity index (χ4v) is 3.43. The highest BCUT2D eigenvalue weighted by molar-refractivity contribution is 5.89. The van der Waals surface area contributed by atoms with Crippen molar-refractivity contribution in [2.45, 2.75) is 40.2 Å². The topological polar surface area (TPSA) is 51.2 Å². The first kappa shape index (κ1) is 19.9. The summed E-state index contributed by atoms with van der Waals surface area (Å²) in [5.74, 6) is 0.243. The average Bonchev–Trinajstić information content (AvgIpc) is 2.69. The Morgan fingerprint density at radius 2 is 1.82 bits per heavy atom. The minimum Gasteiger partial charge on any atom is -0.462 e. The number of para-hydroxylation sites is 1. The standard InChI is InChI=1S/C24H28N2O2/c1-5-28-24(27)19-12-10-18(11-13-19)22(14-16(2)3)26-23-15-25-21-9-7-6-8-20(21)17(23)4/h6-13,15-16,22,26H,5,14H2,1-4H3/t22-/m0/s1. The number of nitrogens with zero attached hydrogens (tertiary/aromatic N) is 1. The summed E-state index contributed by atoms with van der Waals surface area (Å²) in [6.07, 6.45) is 2.89. The quantitative estimate of drug-likeness (QED) is 0.520. The molecule has 0 radical (unpaired) electrons. The van der Waals surface area contributed by atoms with Crippen molar-refractivity contribution in [3.05, 3.63) is 71.4 Å². The summed E-state index contributed by atoms with van der Waals surface area (Å²) in [7, 11) is 0. The van der Waals surface area contributed by atoms with Gasteiger partial charge in [-0.3, -0.25) is 4.98 Å². The number of hydrogen-bond donors (Lipinski definition) is 1. The van der Waals surface area contributed by atoms with Gasteiger partial charge in [0.1, 0.15) is 0 Å². The molecular formula is C24H28N2O2. The number of esters is 1. The Morgan fingerprint density at radius 3 is 2.50 bits per heavy atom. The van der Waals surface area contributed by atoms with E-state index in [9.17, 15) is 4.79 Å². The Morgan fingerprint density at radius 1 is 1.11 bits per heavy atom. The van der Waals surface area contributed by atoms with E-state index in [4.69, 9.17) is 4.74 Å². The highest BCUT2D eigenvalue weighted by atomic mass is 16.5. The van der Waals surface area contributed by atoms with Crippen LogP contribution in [0.3, 0.4) is 0 Å². The number of carbonyl (C=O) groups excluding carboxylic acids is 1. The minimum atomic E-state index is -0.281. The summed E-state index contributed by atoms with van der Waals surface area (Å²) in [5, 5.41) is 4.84. The van der Waals surface area contributed by atoms with Gasteiger partial charge in [-0.2, -0.15) is 0 Å². The summed E-state index contributed by atoms with van der Waals surface area (Å²) in [4.78, 5) is 16.5. The zero-order valence-corrected chi connectivity index (χ0v) is 17.0. The van der Waals surface area contributed by atoms with E-state index < -0.39 is 0 Å². The highest BCUT2D eigenvalue weighted by Gasteiger charge is 2.16. The molecule has 3 rings (SSSR count). The monoisotopic (exact) mass is 376 g/mol. The van der Waals surface area contributed by atoms with Crippen molar-refractivity contribution in [1.82, 2.24) is 4.98 Å². The van der Waals surface area contributed by atoms with E-state index in [1.165, 1.54) is 5.56 Å². The molecule has 0 aliphatic heterocycles. The third-order valence-corrected chi connectivity index (χ3v) is 4.91. The van der Waals surface area contributed by atoms with E-state index in [1.54, 1.807) is 0 Å². The Kier molecular flexibility index (Phi) is 6.30. The van der Waals surface area contributed by atoms with Crippen LogP contribution in [-0.2, 0) is 4.74 Å². The van der Waals surface area contributed by atoms with Crippen molar-refractivity contribution in [1.29, 1.82) is 0 Å². The normalized spacial score (nSPS) is 12.2. The van der Waals surface area contributed by atoms with Crippen LogP contribution < -0.4 is 5.32 Å². The second-order valence-corrected chi connectivity index (χ2v) is 7.48. The van der Waals surface area contributed by atoms with Gasteiger partial charge in [-0.1, -0.05) is 44.2 Å². The van der Waals surface area contributed by atoms with Crippen LogP contribution in [-0.4, -0.2) is 17.6 Å². The molecule has 1 heterocycles. The number of benzene rings is 2. The van der Waals surface area contributed by atoms with E-state index >= 15 is 0 Å². The number of nitrogens with one attached hydrogen (secondary N) is 1. The van der Waals surface area contributed by atoms with Crippen LogP contribution >= 0.6 is 0 Å². The number of aromatic nitrogens is 1. The number of anilines is 1. The molecule has 2 aromatic carbocycles. The van der Waals surface area contributed by atoms with E-state index in [1.807, 2.05) is 55.6 Å². The van der Waals surface area contributed by atoms with Crippen LogP contribution in [0.2, 0.25) is 0 Å². The van der Waals surface area contributed by atoms with Crippen LogP contribution in [0.25, 0.3) is 10.9 Å². The first-order valence-electron chi connectivity index (χ1n) is 9.87. The summed E-state index contributed by atoms with van der Waals surface area (Å²) >= 11 is 0. The van der Waals surface area contributed by atoms with Crippen LogP contribution in [0, 0.1) is 12.8 Å². The average molecular weight is 377 g/mol. The van der Waals surface area contributed by atoms with Crippen LogP contribution in [0.4, 0.5) is 5.69 Å².